The molecule has 1 aromatic rings. The summed E-state index contributed by atoms with van der Waals surface area (Å²) in [5.74, 6) is 0.0305. The lowest BCUT2D eigenvalue weighted by Crippen LogP contribution is -2.34. The van der Waals surface area contributed by atoms with Crippen molar-refractivity contribution in [1.29, 1.82) is 0 Å². The molecule has 0 amide bonds. The molecule has 0 heterocycles. The number of hydrogen-bond acceptors (Lipinski definition) is 3. The van der Waals surface area contributed by atoms with Gasteiger partial charge < -0.3 is 9.64 Å². The Balaban J connectivity index is 2.87. The van der Waals surface area contributed by atoms with Gasteiger partial charge in [0, 0.05) is 19.3 Å². The second-order valence-corrected chi connectivity index (χ2v) is 5.54. The van der Waals surface area contributed by atoms with Gasteiger partial charge in [-0.15, -0.1) is 0 Å². The lowest BCUT2D eigenvalue weighted by atomic mass is 9.95. The van der Waals surface area contributed by atoms with Gasteiger partial charge in [0.1, 0.15) is 0 Å². The predicted molar refractivity (Wildman–Crippen MR) is 79.5 cm³/mol. The highest BCUT2D eigenvalue weighted by Gasteiger charge is 2.25. The van der Waals surface area contributed by atoms with Crippen LogP contribution in [-0.4, -0.2) is 26.7 Å². The number of benzene rings is 1. The quantitative estimate of drug-likeness (QED) is 0.764. The third kappa shape index (κ3) is 3.98. The lowest BCUT2D eigenvalue weighted by Gasteiger charge is -2.27. The van der Waals surface area contributed by atoms with E-state index in [1.807, 2.05) is 7.05 Å². The van der Waals surface area contributed by atoms with Crippen molar-refractivity contribution in [2.45, 2.75) is 27.7 Å². The Bertz CT molecular complexity index is 440. The van der Waals surface area contributed by atoms with Crippen molar-refractivity contribution in [2.75, 3.05) is 25.6 Å². The highest BCUT2D eigenvalue weighted by molar-refractivity contribution is 5.73. The number of rotatable bonds is 5. The predicted octanol–water partition coefficient (Wildman–Crippen LogP) is 3.18. The van der Waals surface area contributed by atoms with E-state index < -0.39 is 0 Å². The summed E-state index contributed by atoms with van der Waals surface area (Å²) in [5.41, 5.74) is 3.65. The molecular formula is C16H25NO2. The van der Waals surface area contributed by atoms with Gasteiger partial charge in [-0.3, -0.25) is 4.79 Å². The van der Waals surface area contributed by atoms with Crippen molar-refractivity contribution in [2.24, 2.45) is 11.8 Å². The number of carbonyl (C=O) groups excluding carboxylic acids is 1. The number of nitrogens with zero attached hydrogens (tertiary/aromatic N) is 1. The van der Waals surface area contributed by atoms with E-state index in [9.17, 15) is 4.79 Å². The zero-order valence-corrected chi connectivity index (χ0v) is 12.9. The highest BCUT2D eigenvalue weighted by Crippen LogP contribution is 2.23. The van der Waals surface area contributed by atoms with Gasteiger partial charge in [0.25, 0.3) is 0 Å². The molecule has 0 saturated heterocycles. The smallest absolute Gasteiger partial charge is 0.310 e. The summed E-state index contributed by atoms with van der Waals surface area (Å²) in [6.45, 7) is 8.96. The number of methoxy groups -OCH3 is 1. The summed E-state index contributed by atoms with van der Waals surface area (Å²) in [6.07, 6.45) is 0. The minimum atomic E-state index is -0.133. The Hall–Kier alpha value is -1.51. The molecule has 0 fully saturated rings. The van der Waals surface area contributed by atoms with E-state index in [4.69, 9.17) is 4.74 Å². The van der Waals surface area contributed by atoms with Crippen molar-refractivity contribution in [3.05, 3.63) is 29.3 Å². The molecular weight excluding hydrogens is 238 g/mol. The number of aryl methyl sites for hydroxylation is 2. The van der Waals surface area contributed by atoms with Crippen LogP contribution in [0.5, 0.6) is 0 Å². The van der Waals surface area contributed by atoms with E-state index in [0.29, 0.717) is 6.54 Å². The normalized spacial score (nSPS) is 12.4. The Labute approximate surface area is 116 Å². The van der Waals surface area contributed by atoms with Gasteiger partial charge in [-0.25, -0.2) is 0 Å². The van der Waals surface area contributed by atoms with E-state index in [0.717, 1.165) is 0 Å². The maximum atomic E-state index is 11.8. The van der Waals surface area contributed by atoms with Crippen LogP contribution in [0.25, 0.3) is 0 Å². The summed E-state index contributed by atoms with van der Waals surface area (Å²) in [6, 6.07) is 6.37. The van der Waals surface area contributed by atoms with E-state index in [-0.39, 0.29) is 17.8 Å². The van der Waals surface area contributed by atoms with Gasteiger partial charge in [0.05, 0.1) is 13.0 Å². The zero-order valence-electron chi connectivity index (χ0n) is 12.9. The molecule has 19 heavy (non-hydrogen) atoms. The number of carbonyl (C=O) groups is 1. The topological polar surface area (TPSA) is 29.5 Å². The van der Waals surface area contributed by atoms with E-state index >= 15 is 0 Å². The molecule has 3 heteroatoms. The second kappa shape index (κ2) is 6.60. The number of esters is 1. The molecule has 0 aliphatic heterocycles. The molecule has 0 saturated carbocycles. The molecule has 0 aliphatic carbocycles. The van der Waals surface area contributed by atoms with Crippen molar-refractivity contribution < 1.29 is 9.53 Å². The fourth-order valence-electron chi connectivity index (χ4n) is 2.34. The molecule has 1 atom stereocenters. The van der Waals surface area contributed by atoms with Crippen molar-refractivity contribution >= 4 is 11.7 Å². The lowest BCUT2D eigenvalue weighted by molar-refractivity contribution is -0.146. The minimum Gasteiger partial charge on any atom is -0.469 e. The van der Waals surface area contributed by atoms with Gasteiger partial charge in [0.15, 0.2) is 0 Å². The van der Waals surface area contributed by atoms with E-state index in [1.165, 1.54) is 23.9 Å². The monoisotopic (exact) mass is 263 g/mol. The molecule has 0 bridgehead atoms. The average Bonchev–Trinajstić information content (AvgIpc) is 2.34. The van der Waals surface area contributed by atoms with Crippen LogP contribution in [0, 0.1) is 25.7 Å². The van der Waals surface area contributed by atoms with Gasteiger partial charge in [-0.2, -0.15) is 0 Å². The van der Waals surface area contributed by atoms with Gasteiger partial charge in [0.2, 0.25) is 0 Å². The number of anilines is 1. The van der Waals surface area contributed by atoms with Crippen molar-refractivity contribution in [1.82, 2.24) is 0 Å². The van der Waals surface area contributed by atoms with Gasteiger partial charge >= 0.3 is 5.97 Å². The molecule has 0 aromatic heterocycles. The van der Waals surface area contributed by atoms with Gasteiger partial charge in [-0.1, -0.05) is 31.5 Å². The first-order valence-corrected chi connectivity index (χ1v) is 6.73. The van der Waals surface area contributed by atoms with Crippen LogP contribution in [0.15, 0.2) is 18.2 Å². The Morgan fingerprint density at radius 3 is 2.42 bits per heavy atom. The number of ether oxygens (including phenoxy) is 1. The fraction of sp³-hybridized carbons (Fsp3) is 0.562. The minimum absolute atomic E-state index is 0.101. The Kier molecular flexibility index (Phi) is 5.40. The summed E-state index contributed by atoms with van der Waals surface area (Å²) in [5, 5.41) is 0. The van der Waals surface area contributed by atoms with E-state index in [2.05, 4.69) is 50.8 Å². The van der Waals surface area contributed by atoms with Crippen LogP contribution < -0.4 is 4.90 Å². The largest absolute Gasteiger partial charge is 0.469 e. The highest BCUT2D eigenvalue weighted by atomic mass is 16.5. The molecule has 106 valence electrons. The molecule has 1 aromatic carbocycles. The summed E-state index contributed by atoms with van der Waals surface area (Å²) in [7, 11) is 3.48. The van der Waals surface area contributed by atoms with Crippen LogP contribution in [0.3, 0.4) is 0 Å². The standard InChI is InChI=1S/C16H25NO2/c1-11(2)14(16(18)19-6)10-17(5)15-8-7-12(3)9-13(15)4/h7-9,11,14H,10H2,1-6H3. The molecule has 0 aliphatic rings. The molecule has 0 radical (unpaired) electrons. The number of hydrogen-bond donors (Lipinski definition) is 0. The van der Waals surface area contributed by atoms with Crippen molar-refractivity contribution in [3.63, 3.8) is 0 Å². The van der Waals surface area contributed by atoms with Crippen LogP contribution in [-0.2, 0) is 9.53 Å². The van der Waals surface area contributed by atoms with Crippen LogP contribution in [0.4, 0.5) is 5.69 Å². The molecule has 1 unspecified atom stereocenters. The van der Waals surface area contributed by atoms with Crippen LogP contribution >= 0.6 is 0 Å². The van der Waals surface area contributed by atoms with Crippen LogP contribution in [0.2, 0.25) is 0 Å². The van der Waals surface area contributed by atoms with E-state index in [1.54, 1.807) is 0 Å². The third-order valence-corrected chi connectivity index (χ3v) is 3.54. The molecule has 1 rings (SSSR count). The Morgan fingerprint density at radius 2 is 1.95 bits per heavy atom. The first-order valence-electron chi connectivity index (χ1n) is 6.73. The second-order valence-electron chi connectivity index (χ2n) is 5.54. The summed E-state index contributed by atoms with van der Waals surface area (Å²) in [4.78, 5) is 13.9. The molecule has 0 N–H and O–H groups in total. The zero-order chi connectivity index (χ0) is 14.6. The summed E-state index contributed by atoms with van der Waals surface area (Å²) >= 11 is 0. The summed E-state index contributed by atoms with van der Waals surface area (Å²) < 4.78 is 4.89. The SMILES string of the molecule is COC(=O)C(CN(C)c1ccc(C)cc1C)C(C)C. The maximum absolute atomic E-state index is 11.8. The third-order valence-electron chi connectivity index (χ3n) is 3.54. The fourth-order valence-corrected chi connectivity index (χ4v) is 2.34. The van der Waals surface area contributed by atoms with Gasteiger partial charge in [-0.05, 0) is 31.4 Å². The average molecular weight is 263 g/mol. The van der Waals surface area contributed by atoms with Crippen LogP contribution in [0.1, 0.15) is 25.0 Å². The first-order chi connectivity index (χ1) is 8.86. The Morgan fingerprint density at radius 1 is 1.32 bits per heavy atom. The first kappa shape index (κ1) is 15.5. The molecule has 3 nitrogen and oxygen atoms in total. The van der Waals surface area contributed by atoms with Crippen molar-refractivity contribution in [3.8, 4) is 0 Å². The maximum Gasteiger partial charge on any atom is 0.310 e. The molecule has 0 spiro atoms.